The van der Waals surface area contributed by atoms with Crippen molar-refractivity contribution < 1.29 is 18.9 Å². The fourth-order valence-electron chi connectivity index (χ4n) is 3.16. The van der Waals surface area contributed by atoms with E-state index in [4.69, 9.17) is 0 Å². The fourth-order valence-corrected chi connectivity index (χ4v) is 3.16. The Labute approximate surface area is 156 Å². The topological polar surface area (TPSA) is 105 Å². The minimum absolute atomic E-state index is 0.160. The Morgan fingerprint density at radius 3 is 2.59 bits per heavy atom. The third-order valence-corrected chi connectivity index (χ3v) is 4.52. The van der Waals surface area contributed by atoms with Crippen molar-refractivity contribution in [3.8, 4) is 0 Å². The maximum atomic E-state index is 12.9. The van der Waals surface area contributed by atoms with Gasteiger partial charge in [0.2, 0.25) is 5.91 Å². The van der Waals surface area contributed by atoms with Crippen LogP contribution >= 0.6 is 0 Å². The van der Waals surface area contributed by atoms with Crippen molar-refractivity contribution in [2.45, 2.75) is 32.4 Å². The first kappa shape index (κ1) is 18.6. The summed E-state index contributed by atoms with van der Waals surface area (Å²) in [6.45, 7) is 4.48. The molecule has 1 aliphatic rings. The number of aryl methyl sites for hydroxylation is 1. The Balaban J connectivity index is 1.77. The van der Waals surface area contributed by atoms with E-state index >= 15 is 0 Å². The molecule has 3 amide bonds. The predicted octanol–water partition coefficient (Wildman–Crippen LogP) is 1.13. The van der Waals surface area contributed by atoms with Crippen molar-refractivity contribution in [3.63, 3.8) is 0 Å². The second-order valence-electron chi connectivity index (χ2n) is 6.52. The van der Waals surface area contributed by atoms with Gasteiger partial charge in [0.05, 0.1) is 0 Å². The summed E-state index contributed by atoms with van der Waals surface area (Å²) >= 11 is 0. The van der Waals surface area contributed by atoms with Gasteiger partial charge in [-0.05, 0) is 32.4 Å². The smallest absolute Gasteiger partial charge is 0.273 e. The highest BCUT2D eigenvalue weighted by Crippen LogP contribution is 2.22. The SMILES string of the molecule is CCNC(=O)[C@@H]1C[C@H](NC(=O)c2ccon2)CN1C(=O)c1ccc(C)cc1. The highest BCUT2D eigenvalue weighted by Gasteiger charge is 2.40. The molecule has 1 fully saturated rings. The van der Waals surface area contributed by atoms with Crippen LogP contribution in [0.3, 0.4) is 0 Å². The number of aromatic nitrogens is 1. The first-order chi connectivity index (χ1) is 13.0. The summed E-state index contributed by atoms with van der Waals surface area (Å²) < 4.78 is 4.68. The molecule has 3 rings (SSSR count). The molecule has 0 radical (unpaired) electrons. The van der Waals surface area contributed by atoms with Gasteiger partial charge in [0.1, 0.15) is 12.3 Å². The van der Waals surface area contributed by atoms with Crippen molar-refractivity contribution in [1.29, 1.82) is 0 Å². The maximum Gasteiger partial charge on any atom is 0.273 e. The molecule has 0 spiro atoms. The first-order valence-corrected chi connectivity index (χ1v) is 8.86. The van der Waals surface area contributed by atoms with E-state index in [1.54, 1.807) is 12.1 Å². The molecule has 1 aromatic heterocycles. The van der Waals surface area contributed by atoms with E-state index in [0.717, 1.165) is 5.56 Å². The number of carbonyl (C=O) groups is 3. The molecule has 1 aromatic carbocycles. The van der Waals surface area contributed by atoms with Crippen molar-refractivity contribution in [2.75, 3.05) is 13.1 Å². The maximum absolute atomic E-state index is 12.9. The van der Waals surface area contributed by atoms with Gasteiger partial charge in [-0.3, -0.25) is 14.4 Å². The summed E-state index contributed by atoms with van der Waals surface area (Å²) in [6.07, 6.45) is 1.65. The molecule has 2 heterocycles. The van der Waals surface area contributed by atoms with Crippen LogP contribution in [0.1, 0.15) is 39.8 Å². The van der Waals surface area contributed by atoms with Crippen LogP contribution in [0, 0.1) is 6.92 Å². The van der Waals surface area contributed by atoms with Crippen LogP contribution < -0.4 is 10.6 Å². The summed E-state index contributed by atoms with van der Waals surface area (Å²) in [5, 5.41) is 9.18. The van der Waals surface area contributed by atoms with Crippen LogP contribution in [0.5, 0.6) is 0 Å². The van der Waals surface area contributed by atoms with E-state index < -0.39 is 11.9 Å². The molecule has 1 aliphatic heterocycles. The highest BCUT2D eigenvalue weighted by molar-refractivity contribution is 5.98. The molecule has 2 N–H and O–H groups in total. The number of nitrogens with zero attached hydrogens (tertiary/aromatic N) is 2. The molecule has 2 aromatic rings. The average Bonchev–Trinajstić information content (AvgIpc) is 3.32. The fraction of sp³-hybridized carbons (Fsp3) is 0.368. The van der Waals surface area contributed by atoms with E-state index in [9.17, 15) is 14.4 Å². The number of benzene rings is 1. The van der Waals surface area contributed by atoms with E-state index in [-0.39, 0.29) is 30.1 Å². The summed E-state index contributed by atoms with van der Waals surface area (Å²) in [5.74, 6) is -0.853. The molecule has 1 saturated heterocycles. The second kappa shape index (κ2) is 8.03. The third-order valence-electron chi connectivity index (χ3n) is 4.52. The molecular weight excluding hydrogens is 348 g/mol. The molecule has 2 atom stereocenters. The number of nitrogens with one attached hydrogen (secondary N) is 2. The van der Waals surface area contributed by atoms with Gasteiger partial charge in [0, 0.05) is 30.8 Å². The summed E-state index contributed by atoms with van der Waals surface area (Å²) in [6, 6.07) is 7.67. The van der Waals surface area contributed by atoms with Crippen LogP contribution in [0.2, 0.25) is 0 Å². The number of rotatable bonds is 5. The summed E-state index contributed by atoms with van der Waals surface area (Å²) in [7, 11) is 0. The van der Waals surface area contributed by atoms with Gasteiger partial charge in [-0.25, -0.2) is 0 Å². The molecular formula is C19H22N4O4. The zero-order valence-corrected chi connectivity index (χ0v) is 15.3. The van der Waals surface area contributed by atoms with Gasteiger partial charge in [0.25, 0.3) is 11.8 Å². The van der Waals surface area contributed by atoms with Crippen molar-refractivity contribution in [2.24, 2.45) is 0 Å². The lowest BCUT2D eigenvalue weighted by Crippen LogP contribution is -2.46. The van der Waals surface area contributed by atoms with Crippen molar-refractivity contribution in [1.82, 2.24) is 20.7 Å². The quantitative estimate of drug-likeness (QED) is 0.821. The Hall–Kier alpha value is -3.16. The van der Waals surface area contributed by atoms with Crippen LogP contribution in [0.25, 0.3) is 0 Å². The van der Waals surface area contributed by atoms with E-state index in [1.807, 2.05) is 26.0 Å². The van der Waals surface area contributed by atoms with Gasteiger partial charge in [-0.15, -0.1) is 0 Å². The third kappa shape index (κ3) is 4.16. The van der Waals surface area contributed by atoms with Gasteiger partial charge >= 0.3 is 0 Å². The lowest BCUT2D eigenvalue weighted by molar-refractivity contribution is -0.124. The van der Waals surface area contributed by atoms with Crippen LogP contribution in [-0.2, 0) is 4.79 Å². The number of hydrogen-bond acceptors (Lipinski definition) is 5. The van der Waals surface area contributed by atoms with Crippen molar-refractivity contribution >= 4 is 17.7 Å². The molecule has 27 heavy (non-hydrogen) atoms. The van der Waals surface area contributed by atoms with E-state index in [1.165, 1.54) is 17.2 Å². The zero-order chi connectivity index (χ0) is 19.4. The minimum Gasteiger partial charge on any atom is -0.364 e. The monoisotopic (exact) mass is 370 g/mol. The minimum atomic E-state index is -0.638. The Kier molecular flexibility index (Phi) is 5.54. The highest BCUT2D eigenvalue weighted by atomic mass is 16.5. The first-order valence-electron chi connectivity index (χ1n) is 8.86. The molecule has 0 unspecified atom stereocenters. The van der Waals surface area contributed by atoms with Gasteiger partial charge in [-0.2, -0.15) is 0 Å². The number of likely N-dealkylation sites (tertiary alicyclic amines) is 1. The normalized spacial score (nSPS) is 19.0. The second-order valence-corrected chi connectivity index (χ2v) is 6.52. The van der Waals surface area contributed by atoms with Crippen LogP contribution in [-0.4, -0.2) is 53.0 Å². The summed E-state index contributed by atoms with van der Waals surface area (Å²) in [5.41, 5.74) is 1.72. The number of hydrogen-bond donors (Lipinski definition) is 2. The Morgan fingerprint density at radius 2 is 1.96 bits per heavy atom. The van der Waals surface area contributed by atoms with Crippen LogP contribution in [0.15, 0.2) is 41.1 Å². The average molecular weight is 370 g/mol. The molecule has 8 nitrogen and oxygen atoms in total. The molecule has 142 valence electrons. The van der Waals surface area contributed by atoms with E-state index in [2.05, 4.69) is 20.3 Å². The predicted molar refractivity (Wildman–Crippen MR) is 97.1 cm³/mol. The molecule has 0 aliphatic carbocycles. The number of amides is 3. The molecule has 0 saturated carbocycles. The largest absolute Gasteiger partial charge is 0.364 e. The number of likely N-dealkylation sites (N-methyl/N-ethyl adjacent to an activating group) is 1. The van der Waals surface area contributed by atoms with Gasteiger partial charge in [0.15, 0.2) is 5.69 Å². The molecule has 8 heteroatoms. The molecule has 0 bridgehead atoms. The van der Waals surface area contributed by atoms with E-state index in [0.29, 0.717) is 18.5 Å². The van der Waals surface area contributed by atoms with Gasteiger partial charge < -0.3 is 20.1 Å². The Bertz CT molecular complexity index is 817. The lowest BCUT2D eigenvalue weighted by atomic mass is 10.1. The van der Waals surface area contributed by atoms with Gasteiger partial charge in [-0.1, -0.05) is 22.9 Å². The van der Waals surface area contributed by atoms with Crippen molar-refractivity contribution in [3.05, 3.63) is 53.4 Å². The number of carbonyl (C=O) groups excluding carboxylic acids is 3. The standard InChI is InChI=1S/C19H22N4O4/c1-3-20-18(25)16-10-14(21-17(24)15-8-9-27-22-15)11-23(16)19(26)13-6-4-12(2)5-7-13/h4-9,14,16H,3,10-11H2,1-2H3,(H,20,25)(H,21,24)/t14-,16-/m0/s1. The Morgan fingerprint density at radius 1 is 1.22 bits per heavy atom. The summed E-state index contributed by atoms with van der Waals surface area (Å²) in [4.78, 5) is 39.1. The lowest BCUT2D eigenvalue weighted by Gasteiger charge is -2.23. The zero-order valence-electron chi connectivity index (χ0n) is 15.3. The van der Waals surface area contributed by atoms with Crippen LogP contribution in [0.4, 0.5) is 0 Å².